The van der Waals surface area contributed by atoms with Crippen molar-refractivity contribution in [2.75, 3.05) is 0 Å². The Balaban J connectivity index is 2.06. The third-order valence-corrected chi connectivity index (χ3v) is 4.69. The van der Waals surface area contributed by atoms with E-state index in [1.807, 2.05) is 57.2 Å². The molecule has 2 aromatic rings. The molecule has 0 amide bonds. The molecule has 1 heterocycles. The summed E-state index contributed by atoms with van der Waals surface area (Å²) in [7, 11) is 0. The van der Waals surface area contributed by atoms with Crippen LogP contribution < -0.4 is 9.46 Å². The van der Waals surface area contributed by atoms with Gasteiger partial charge in [0.1, 0.15) is 11.4 Å². The van der Waals surface area contributed by atoms with Gasteiger partial charge >= 0.3 is 0 Å². The van der Waals surface area contributed by atoms with Gasteiger partial charge in [0.05, 0.1) is 0 Å². The highest BCUT2D eigenvalue weighted by molar-refractivity contribution is 7.77. The van der Waals surface area contributed by atoms with E-state index in [1.54, 1.807) is 0 Å². The summed E-state index contributed by atoms with van der Waals surface area (Å²) < 4.78 is 29.9. The molecule has 0 bridgehead atoms. The molecule has 1 N–H and O–H groups in total. The van der Waals surface area contributed by atoms with Crippen molar-refractivity contribution in [2.24, 2.45) is 0 Å². The average molecular weight is 377 g/mol. The lowest BCUT2D eigenvalue weighted by Gasteiger charge is -2.32. The lowest BCUT2D eigenvalue weighted by Crippen LogP contribution is -2.29. The molecule has 0 radical (unpaired) electrons. The summed E-state index contributed by atoms with van der Waals surface area (Å²) in [6.45, 7) is 6.26. The molecule has 25 heavy (non-hydrogen) atoms. The van der Waals surface area contributed by atoms with Crippen LogP contribution in [0.15, 0.2) is 42.5 Å². The van der Waals surface area contributed by atoms with Crippen LogP contribution in [0, 0.1) is 6.92 Å². The molecule has 1 atom stereocenters. The first-order valence-corrected chi connectivity index (χ1v) is 9.35. The maximum atomic E-state index is 10.7. The maximum Gasteiger partial charge on any atom is 0.128 e. The summed E-state index contributed by atoms with van der Waals surface area (Å²) in [6.07, 6.45) is 2.11. The second-order valence-electron chi connectivity index (χ2n) is 6.61. The molecule has 0 aliphatic carbocycles. The van der Waals surface area contributed by atoms with E-state index in [4.69, 9.17) is 16.3 Å². The molecule has 3 rings (SSSR count). The maximum absolute atomic E-state index is 10.7. The summed E-state index contributed by atoms with van der Waals surface area (Å²) in [5.74, 6) is 0.743. The first kappa shape index (κ1) is 18.1. The van der Waals surface area contributed by atoms with Crippen LogP contribution >= 0.6 is 11.6 Å². The number of fused-ring (bicyclic) bond motifs is 1. The highest BCUT2D eigenvalue weighted by Gasteiger charge is 2.28. The van der Waals surface area contributed by atoms with Crippen LogP contribution in [0.2, 0.25) is 5.02 Å². The third-order valence-electron chi connectivity index (χ3n) is 4.07. The van der Waals surface area contributed by atoms with Gasteiger partial charge in [-0.1, -0.05) is 29.8 Å². The molecule has 1 aliphatic heterocycles. The van der Waals surface area contributed by atoms with Gasteiger partial charge in [0.2, 0.25) is 0 Å². The van der Waals surface area contributed by atoms with Crippen molar-refractivity contribution in [1.82, 2.24) is 4.72 Å². The van der Waals surface area contributed by atoms with Gasteiger partial charge in [0.25, 0.3) is 0 Å². The number of hydrogen-bond donors (Lipinski definition) is 1. The predicted octanol–water partition coefficient (Wildman–Crippen LogP) is 4.13. The quantitative estimate of drug-likeness (QED) is 0.816. The average Bonchev–Trinajstić information content (AvgIpc) is 2.51. The molecule has 0 saturated carbocycles. The Morgan fingerprint density at radius 1 is 1.20 bits per heavy atom. The number of aryl methyl sites for hydroxylation is 1. The van der Waals surface area contributed by atoms with Gasteiger partial charge in [-0.05, 0) is 67.3 Å². The van der Waals surface area contributed by atoms with Crippen molar-refractivity contribution in [3.8, 4) is 5.75 Å². The molecule has 6 heteroatoms. The van der Waals surface area contributed by atoms with E-state index in [9.17, 15) is 8.76 Å². The molecule has 1 aliphatic rings. The number of nitrogens with one attached hydrogen (secondary N) is 1. The van der Waals surface area contributed by atoms with Crippen molar-refractivity contribution in [3.05, 3.63) is 69.8 Å². The third kappa shape index (κ3) is 4.12. The standard InChI is InChI=1S/C19H20ClNO3S/c1-12-8-14(20)5-7-15(12)17-10-19(2,3)24-18-9-13(4-6-16(17)18)11-21-25(22)23/h4-10,21H,11H2,1-3H3,(H,22,23)/p-1. The van der Waals surface area contributed by atoms with Gasteiger partial charge in [-0.15, -0.1) is 0 Å². The van der Waals surface area contributed by atoms with Crippen LogP contribution in [0.4, 0.5) is 0 Å². The molecule has 0 aromatic heterocycles. The van der Waals surface area contributed by atoms with Gasteiger partial charge in [-0.2, -0.15) is 0 Å². The fourth-order valence-corrected chi connectivity index (χ4v) is 3.53. The molecule has 0 spiro atoms. The molecule has 0 fully saturated rings. The van der Waals surface area contributed by atoms with Gasteiger partial charge in [-0.3, -0.25) is 4.21 Å². The van der Waals surface area contributed by atoms with E-state index in [1.165, 1.54) is 0 Å². The number of rotatable bonds is 4. The Labute approximate surface area is 155 Å². The van der Waals surface area contributed by atoms with Gasteiger partial charge in [0.15, 0.2) is 0 Å². The molecule has 2 aromatic carbocycles. The Morgan fingerprint density at radius 2 is 1.92 bits per heavy atom. The van der Waals surface area contributed by atoms with Gasteiger partial charge < -0.3 is 9.29 Å². The van der Waals surface area contributed by atoms with E-state index in [0.29, 0.717) is 5.02 Å². The molecule has 0 saturated heterocycles. The van der Waals surface area contributed by atoms with Crippen LogP contribution in [-0.4, -0.2) is 14.4 Å². The highest BCUT2D eigenvalue weighted by atomic mass is 35.5. The number of halogens is 1. The lowest BCUT2D eigenvalue weighted by molar-refractivity contribution is 0.158. The topological polar surface area (TPSA) is 61.4 Å². The zero-order chi connectivity index (χ0) is 18.2. The second kappa shape index (κ2) is 6.92. The van der Waals surface area contributed by atoms with Crippen molar-refractivity contribution >= 4 is 28.4 Å². The Morgan fingerprint density at radius 3 is 2.60 bits per heavy atom. The molecule has 1 unspecified atom stereocenters. The van der Waals surface area contributed by atoms with Crippen molar-refractivity contribution < 1.29 is 13.5 Å². The first-order chi connectivity index (χ1) is 11.7. The van der Waals surface area contributed by atoms with Crippen molar-refractivity contribution in [2.45, 2.75) is 32.9 Å². The van der Waals surface area contributed by atoms with Crippen LogP contribution in [-0.2, 0) is 17.8 Å². The largest absolute Gasteiger partial charge is 0.760 e. The zero-order valence-electron chi connectivity index (χ0n) is 14.3. The smallest absolute Gasteiger partial charge is 0.128 e. The lowest BCUT2D eigenvalue weighted by atomic mass is 9.87. The van der Waals surface area contributed by atoms with Crippen LogP contribution in [0.5, 0.6) is 5.75 Å². The van der Waals surface area contributed by atoms with Gasteiger partial charge in [-0.25, -0.2) is 4.72 Å². The Kier molecular flexibility index (Phi) is 5.02. The van der Waals surface area contributed by atoms with Crippen LogP contribution in [0.1, 0.15) is 36.1 Å². The second-order valence-corrected chi connectivity index (χ2v) is 7.80. The Bertz CT molecular complexity index is 877. The SMILES string of the molecule is Cc1cc(Cl)ccc1C1=CC(C)(C)Oc2cc(CNS(=O)[O-])ccc21. The number of ether oxygens (including phenoxy) is 1. The fourth-order valence-electron chi connectivity index (χ4n) is 3.02. The van der Waals surface area contributed by atoms with E-state index >= 15 is 0 Å². The molecular weight excluding hydrogens is 358 g/mol. The summed E-state index contributed by atoms with van der Waals surface area (Å²) >= 11 is 3.80. The predicted molar refractivity (Wildman–Crippen MR) is 100 cm³/mol. The first-order valence-electron chi connectivity index (χ1n) is 7.90. The van der Waals surface area contributed by atoms with Crippen molar-refractivity contribution in [1.29, 1.82) is 0 Å². The minimum atomic E-state index is -2.29. The van der Waals surface area contributed by atoms with Gasteiger partial charge in [0, 0.05) is 28.4 Å². The van der Waals surface area contributed by atoms with Crippen LogP contribution in [0.25, 0.3) is 5.57 Å². The normalized spacial score (nSPS) is 16.6. The minimum Gasteiger partial charge on any atom is -0.760 e. The summed E-state index contributed by atoms with van der Waals surface area (Å²) in [5.41, 5.74) is 4.64. The summed E-state index contributed by atoms with van der Waals surface area (Å²) in [4.78, 5) is 0. The summed E-state index contributed by atoms with van der Waals surface area (Å²) in [5, 5.41) is 0.709. The van der Waals surface area contributed by atoms with E-state index in [-0.39, 0.29) is 6.54 Å². The Hall–Kier alpha value is -1.66. The number of benzene rings is 2. The zero-order valence-corrected chi connectivity index (χ0v) is 15.8. The molecular formula is C19H19ClNO3S-. The van der Waals surface area contributed by atoms with E-state index < -0.39 is 16.9 Å². The summed E-state index contributed by atoms with van der Waals surface area (Å²) in [6, 6.07) is 11.6. The van der Waals surface area contributed by atoms with Crippen LogP contribution in [0.3, 0.4) is 0 Å². The van der Waals surface area contributed by atoms with E-state index in [0.717, 1.165) is 33.6 Å². The minimum absolute atomic E-state index is 0.228. The fraction of sp³-hybridized carbons (Fsp3) is 0.263. The van der Waals surface area contributed by atoms with E-state index in [2.05, 4.69) is 10.8 Å². The number of hydrogen-bond acceptors (Lipinski definition) is 3. The molecule has 4 nitrogen and oxygen atoms in total. The monoisotopic (exact) mass is 376 g/mol. The highest BCUT2D eigenvalue weighted by Crippen LogP contribution is 2.41. The molecule has 132 valence electrons. The van der Waals surface area contributed by atoms with Crippen molar-refractivity contribution in [3.63, 3.8) is 0 Å².